The van der Waals surface area contributed by atoms with E-state index in [1.807, 2.05) is 0 Å². The molecule has 4 heterocycles. The van der Waals surface area contributed by atoms with Gasteiger partial charge in [-0.3, -0.25) is 24.0 Å². The maximum absolute atomic E-state index is 15.4. The van der Waals surface area contributed by atoms with Crippen LogP contribution in [0.5, 0.6) is 5.75 Å². The second-order valence-electron chi connectivity index (χ2n) is 20.6. The highest BCUT2D eigenvalue weighted by Crippen LogP contribution is 2.46. The van der Waals surface area contributed by atoms with Gasteiger partial charge in [-0.05, 0) is 79.5 Å². The van der Waals surface area contributed by atoms with Crippen LogP contribution in [0.4, 0.5) is 32.4 Å². The maximum atomic E-state index is 15.4. The minimum absolute atomic E-state index is 0.00853. The fraction of sp³-hybridized carbons (Fsp3) is 0.448. The number of amides is 4. The second-order valence-corrected chi connectivity index (χ2v) is 20.6. The number of ether oxygens (including phenoxy) is 7. The number of carbonyl (C=O) groups excluding carboxylic acids is 6. The molecule has 4 atom stereocenters. The molecule has 21 nitrogen and oxygen atoms in total. The van der Waals surface area contributed by atoms with Crippen LogP contribution in [0.15, 0.2) is 47.3 Å². The summed E-state index contributed by atoms with van der Waals surface area (Å²) in [5.41, 5.74) is 2.25. The zero-order chi connectivity index (χ0) is 60.6. The molecule has 5 aromatic rings. The fourth-order valence-corrected chi connectivity index (χ4v) is 10.0. The number of halogens is 5. The molecule has 0 spiro atoms. The molecule has 0 bridgehead atoms. The Bertz CT molecular complexity index is 3390. The van der Waals surface area contributed by atoms with Crippen LogP contribution in [0.1, 0.15) is 98.4 Å². The number of esters is 2. The van der Waals surface area contributed by atoms with Crippen molar-refractivity contribution in [2.45, 2.75) is 110 Å². The van der Waals surface area contributed by atoms with Crippen LogP contribution in [0, 0.1) is 41.9 Å². The van der Waals surface area contributed by atoms with Gasteiger partial charge < -0.3 is 64.1 Å². The van der Waals surface area contributed by atoms with Crippen LogP contribution in [-0.2, 0) is 84.2 Å². The molecular weight excluding hydrogens is 1120 g/mol. The number of aliphatic hydroxyl groups is 1. The number of aromatic nitrogens is 2. The molecule has 0 saturated heterocycles. The number of benzene rings is 3. The van der Waals surface area contributed by atoms with Crippen molar-refractivity contribution >= 4 is 52.3 Å². The van der Waals surface area contributed by atoms with Crippen molar-refractivity contribution in [2.24, 2.45) is 5.92 Å². The first-order chi connectivity index (χ1) is 40.1. The van der Waals surface area contributed by atoms with Gasteiger partial charge in [0.2, 0.25) is 35.1 Å². The van der Waals surface area contributed by atoms with E-state index >= 15 is 4.39 Å². The average Bonchev–Trinajstić information content (AvgIpc) is 1.56. The van der Waals surface area contributed by atoms with Gasteiger partial charge >= 0.3 is 18.0 Å². The number of rotatable bonds is 26. The minimum Gasteiger partial charge on any atom is -0.458 e. The summed E-state index contributed by atoms with van der Waals surface area (Å²) >= 11 is 0. The van der Waals surface area contributed by atoms with Gasteiger partial charge in [0, 0.05) is 40.8 Å². The molecule has 450 valence electrons. The molecule has 2 aliphatic heterocycles. The Labute approximate surface area is 477 Å². The van der Waals surface area contributed by atoms with Crippen LogP contribution >= 0.6 is 0 Å². The molecule has 84 heavy (non-hydrogen) atoms. The second kappa shape index (κ2) is 27.2. The number of cyclic esters (lactones) is 1. The molecular formula is C58H63F5N6O15. The van der Waals surface area contributed by atoms with Crippen molar-refractivity contribution in [3.63, 3.8) is 0 Å². The first-order valence-electron chi connectivity index (χ1n) is 27.2. The van der Waals surface area contributed by atoms with E-state index < -0.39 is 106 Å². The summed E-state index contributed by atoms with van der Waals surface area (Å²) in [5.74, 6) is -13.0. The van der Waals surface area contributed by atoms with E-state index in [-0.39, 0.29) is 109 Å². The molecule has 0 radical (unpaired) electrons. The zero-order valence-electron chi connectivity index (χ0n) is 46.6. The summed E-state index contributed by atoms with van der Waals surface area (Å²) < 4.78 is 107. The lowest BCUT2D eigenvalue weighted by Crippen LogP contribution is -2.53. The summed E-state index contributed by atoms with van der Waals surface area (Å²) in [5, 5.41) is 23.1. The molecule has 3 aliphatic rings. The van der Waals surface area contributed by atoms with E-state index in [4.69, 9.17) is 33.4 Å². The number of aryl methyl sites for hydroxylation is 1. The third kappa shape index (κ3) is 13.8. The molecule has 4 amide bonds. The smallest absolute Gasteiger partial charge is 0.407 e. The normalized spacial score (nSPS) is 16.5. The summed E-state index contributed by atoms with van der Waals surface area (Å²) in [6.45, 7) is 8.52. The Balaban J connectivity index is 0.727. The standard InChI is InChI=1S/C58H63F5N6O15/c1-6-58(77)37-23-43-51-35(26-69(43)55(74)36(37)28-82-56(58)75)47-41(12-11-34-30(4)38(59)25-42(66-51)46(34)47)67-57(76)83-27-32-7-9-33(10-8-32)65-53(72)31(5)64-54(73)50(29(2)3)68-44(70)13-15-78-17-19-80-21-22-81-20-18-79-16-14-45(71)84-52-48(62)39(60)24-40(61)49(52)63/h7-10,23-25,29,31,41,50,77H,6,11-22,26-28H2,1-5H3,(H,64,73)(H,65,72)(H,67,76)(H,68,70)/t31-,41?,50-,58-/m0/s1. The van der Waals surface area contributed by atoms with Gasteiger partial charge in [0.05, 0.1) is 94.3 Å². The molecule has 26 heteroatoms. The largest absolute Gasteiger partial charge is 0.458 e. The van der Waals surface area contributed by atoms with E-state index in [1.54, 1.807) is 58.0 Å². The molecule has 1 unspecified atom stereocenters. The highest BCUT2D eigenvalue weighted by molar-refractivity contribution is 5.98. The number of carbonyl (C=O) groups is 6. The molecule has 1 aliphatic carbocycles. The van der Waals surface area contributed by atoms with Gasteiger partial charge in [0.25, 0.3) is 5.56 Å². The fourth-order valence-electron chi connectivity index (χ4n) is 10.0. The highest BCUT2D eigenvalue weighted by Gasteiger charge is 2.46. The van der Waals surface area contributed by atoms with Gasteiger partial charge in [-0.2, -0.15) is 8.78 Å². The third-order valence-corrected chi connectivity index (χ3v) is 14.6. The summed E-state index contributed by atoms with van der Waals surface area (Å²) in [6.07, 6.45) is -0.526. The molecule has 5 N–H and O–H groups in total. The third-order valence-electron chi connectivity index (χ3n) is 14.6. The Morgan fingerprint density at radius 3 is 2.06 bits per heavy atom. The van der Waals surface area contributed by atoms with E-state index in [9.17, 15) is 56.2 Å². The van der Waals surface area contributed by atoms with Crippen molar-refractivity contribution in [3.8, 4) is 17.1 Å². The molecule has 8 rings (SSSR count). The Morgan fingerprint density at radius 1 is 0.798 bits per heavy atom. The first kappa shape index (κ1) is 62.1. The number of nitrogens with one attached hydrogen (secondary N) is 4. The molecule has 3 aromatic carbocycles. The number of pyridine rings is 2. The topological polar surface area (TPSA) is 270 Å². The molecule has 0 fully saturated rings. The van der Waals surface area contributed by atoms with Crippen LogP contribution in [0.25, 0.3) is 22.3 Å². The SMILES string of the molecule is CC[C@@]1(O)C(=O)OCc2c1cc1n(c2=O)Cc2c-1nc1cc(F)c(C)c3c1c2C(NC(=O)OCc1ccc(NC(=O)[C@H](C)NC(=O)[C@@H](NC(=O)CCOCCOCCOCCOCCC(=O)Oc2c(F)c(F)cc(F)c2F)C(C)C)cc1)CC3. The van der Waals surface area contributed by atoms with E-state index in [2.05, 4.69) is 26.0 Å². The number of fused-ring (bicyclic) bond motifs is 5. The van der Waals surface area contributed by atoms with Gasteiger partial charge in [0.1, 0.15) is 31.1 Å². The molecule has 2 aromatic heterocycles. The Hall–Kier alpha value is -7.91. The zero-order valence-corrected chi connectivity index (χ0v) is 46.6. The Morgan fingerprint density at radius 2 is 1.43 bits per heavy atom. The van der Waals surface area contributed by atoms with E-state index in [0.29, 0.717) is 63.1 Å². The first-order valence-corrected chi connectivity index (χ1v) is 27.2. The van der Waals surface area contributed by atoms with Crippen LogP contribution in [-0.4, -0.2) is 115 Å². The van der Waals surface area contributed by atoms with E-state index in [0.717, 1.165) is 5.56 Å². The van der Waals surface area contributed by atoms with Gasteiger partial charge in [0.15, 0.2) is 17.2 Å². The predicted molar refractivity (Wildman–Crippen MR) is 287 cm³/mol. The van der Waals surface area contributed by atoms with Crippen molar-refractivity contribution in [3.05, 3.63) is 121 Å². The summed E-state index contributed by atoms with van der Waals surface area (Å²) in [6, 6.07) is 6.76. The lowest BCUT2D eigenvalue weighted by Gasteiger charge is -2.31. The molecule has 0 saturated carbocycles. The summed E-state index contributed by atoms with van der Waals surface area (Å²) in [7, 11) is 0. The quantitative estimate of drug-likeness (QED) is 0.0136. The van der Waals surface area contributed by atoms with Crippen molar-refractivity contribution in [1.29, 1.82) is 0 Å². The van der Waals surface area contributed by atoms with Crippen molar-refractivity contribution < 1.29 is 89.0 Å². The average molecular weight is 1180 g/mol. The van der Waals surface area contributed by atoms with Crippen molar-refractivity contribution in [1.82, 2.24) is 25.5 Å². The Kier molecular flexibility index (Phi) is 20.1. The van der Waals surface area contributed by atoms with E-state index in [1.165, 1.54) is 17.6 Å². The van der Waals surface area contributed by atoms with Gasteiger partial charge in [-0.25, -0.2) is 27.7 Å². The van der Waals surface area contributed by atoms with Gasteiger partial charge in [-0.15, -0.1) is 0 Å². The predicted octanol–water partition coefficient (Wildman–Crippen LogP) is 6.03. The van der Waals surface area contributed by atoms with Crippen LogP contribution < -0.4 is 31.6 Å². The highest BCUT2D eigenvalue weighted by atomic mass is 19.2. The van der Waals surface area contributed by atoms with Crippen molar-refractivity contribution in [2.75, 3.05) is 58.2 Å². The monoisotopic (exact) mass is 1180 g/mol. The minimum atomic E-state index is -2.05. The maximum Gasteiger partial charge on any atom is 0.407 e. The number of anilines is 1. The number of hydrogen-bond donors (Lipinski definition) is 5. The van der Waals surface area contributed by atoms with Gasteiger partial charge in [-0.1, -0.05) is 32.9 Å². The van der Waals surface area contributed by atoms with Crippen LogP contribution in [0.3, 0.4) is 0 Å². The summed E-state index contributed by atoms with van der Waals surface area (Å²) in [4.78, 5) is 96.2. The number of hydrogen-bond acceptors (Lipinski definition) is 16. The lowest BCUT2D eigenvalue weighted by molar-refractivity contribution is -0.172. The number of alkyl carbamates (subject to hydrolysis) is 1. The number of nitrogens with zero attached hydrogens (tertiary/aromatic N) is 2. The lowest BCUT2D eigenvalue weighted by atomic mass is 9.81. The van der Waals surface area contributed by atoms with Crippen LogP contribution in [0.2, 0.25) is 0 Å².